The molecular weight excluding hydrogens is 300 g/mol. The molecule has 3 rings (SSSR count). The summed E-state index contributed by atoms with van der Waals surface area (Å²) in [5.74, 6) is -0.288. The molecule has 0 atom stereocenters. The van der Waals surface area contributed by atoms with Crippen molar-refractivity contribution in [3.63, 3.8) is 0 Å². The highest BCUT2D eigenvalue weighted by Gasteiger charge is 2.13. The molecule has 0 bridgehead atoms. The van der Waals surface area contributed by atoms with Crippen LogP contribution < -0.4 is 10.2 Å². The molecule has 2 aromatic rings. The smallest absolute Gasteiger partial charge is 0.255 e. The van der Waals surface area contributed by atoms with Gasteiger partial charge < -0.3 is 15.3 Å². The van der Waals surface area contributed by atoms with Gasteiger partial charge in [-0.2, -0.15) is 0 Å². The zero-order valence-corrected chi connectivity index (χ0v) is 12.8. The van der Waals surface area contributed by atoms with Crippen molar-refractivity contribution < 1.29 is 9.90 Å². The van der Waals surface area contributed by atoms with Crippen LogP contribution in [-0.2, 0) is 0 Å². The third-order valence-electron chi connectivity index (χ3n) is 3.81. The molecule has 2 N–H and O–H groups in total. The van der Waals surface area contributed by atoms with Crippen molar-refractivity contribution in [1.29, 1.82) is 0 Å². The second-order valence-electron chi connectivity index (χ2n) is 5.36. The summed E-state index contributed by atoms with van der Waals surface area (Å²) in [6, 6.07) is 12.2. The number of carbonyl (C=O) groups is 1. The number of hydrogen-bond acceptors (Lipinski definition) is 3. The molecular formula is C17H17ClN2O2. The average molecular weight is 317 g/mol. The SMILES string of the molecule is O=C(Nc1ccc(N2CCCC2)cc1)c1ccc(O)c(Cl)c1. The summed E-state index contributed by atoms with van der Waals surface area (Å²) in [5.41, 5.74) is 2.33. The van der Waals surface area contributed by atoms with Gasteiger partial charge in [-0.25, -0.2) is 0 Å². The normalized spacial score (nSPS) is 14.1. The summed E-state index contributed by atoms with van der Waals surface area (Å²) in [5, 5.41) is 12.4. The first-order valence-electron chi connectivity index (χ1n) is 7.28. The van der Waals surface area contributed by atoms with Crippen molar-refractivity contribution in [2.24, 2.45) is 0 Å². The fraction of sp³-hybridized carbons (Fsp3) is 0.235. The van der Waals surface area contributed by atoms with Crippen molar-refractivity contribution >= 4 is 28.9 Å². The van der Waals surface area contributed by atoms with Gasteiger partial charge >= 0.3 is 0 Å². The number of nitrogens with zero attached hydrogens (tertiary/aromatic N) is 1. The molecule has 0 spiro atoms. The topological polar surface area (TPSA) is 52.6 Å². The van der Waals surface area contributed by atoms with Gasteiger partial charge in [0.1, 0.15) is 5.75 Å². The fourth-order valence-electron chi connectivity index (χ4n) is 2.58. The second-order valence-corrected chi connectivity index (χ2v) is 5.77. The van der Waals surface area contributed by atoms with Crippen molar-refractivity contribution in [1.82, 2.24) is 0 Å². The summed E-state index contributed by atoms with van der Waals surface area (Å²) in [6.07, 6.45) is 2.47. The maximum atomic E-state index is 12.2. The second kappa shape index (κ2) is 6.28. The van der Waals surface area contributed by atoms with Crippen LogP contribution in [0.2, 0.25) is 5.02 Å². The van der Waals surface area contributed by atoms with Crippen molar-refractivity contribution in [3.05, 3.63) is 53.1 Å². The predicted molar refractivity (Wildman–Crippen MR) is 89.0 cm³/mol. The number of phenolic OH excluding ortho intramolecular Hbond substituents is 1. The minimum absolute atomic E-state index is 0.0341. The van der Waals surface area contributed by atoms with Crippen LogP contribution >= 0.6 is 11.6 Å². The molecule has 114 valence electrons. The van der Waals surface area contributed by atoms with E-state index in [4.69, 9.17) is 11.6 Å². The van der Waals surface area contributed by atoms with Crippen molar-refractivity contribution in [2.45, 2.75) is 12.8 Å². The number of phenols is 1. The number of rotatable bonds is 3. The maximum Gasteiger partial charge on any atom is 0.255 e. The third kappa shape index (κ3) is 3.17. The molecule has 1 aliphatic heterocycles. The first-order valence-corrected chi connectivity index (χ1v) is 7.66. The van der Waals surface area contributed by atoms with E-state index < -0.39 is 0 Å². The van der Waals surface area contributed by atoms with Crippen LogP contribution in [-0.4, -0.2) is 24.1 Å². The summed E-state index contributed by atoms with van der Waals surface area (Å²) < 4.78 is 0. The lowest BCUT2D eigenvalue weighted by Gasteiger charge is -2.17. The monoisotopic (exact) mass is 316 g/mol. The van der Waals surface area contributed by atoms with E-state index in [9.17, 15) is 9.90 Å². The number of hydrogen-bond donors (Lipinski definition) is 2. The predicted octanol–water partition coefficient (Wildman–Crippen LogP) is 3.90. The van der Waals surface area contributed by atoms with Crippen LogP contribution in [0.4, 0.5) is 11.4 Å². The molecule has 2 aromatic carbocycles. The summed E-state index contributed by atoms with van der Waals surface area (Å²) in [4.78, 5) is 14.5. The molecule has 1 saturated heterocycles. The van der Waals surface area contributed by atoms with Gasteiger partial charge in [0.15, 0.2) is 0 Å². The van der Waals surface area contributed by atoms with E-state index in [-0.39, 0.29) is 16.7 Å². The Morgan fingerprint density at radius 1 is 1.09 bits per heavy atom. The largest absolute Gasteiger partial charge is 0.506 e. The van der Waals surface area contributed by atoms with Gasteiger partial charge in [0.05, 0.1) is 5.02 Å². The molecule has 5 heteroatoms. The molecule has 22 heavy (non-hydrogen) atoms. The Labute approximate surface area is 134 Å². The van der Waals surface area contributed by atoms with Gasteiger partial charge in [0.2, 0.25) is 0 Å². The van der Waals surface area contributed by atoms with Crippen LogP contribution in [0.15, 0.2) is 42.5 Å². The van der Waals surface area contributed by atoms with E-state index in [1.165, 1.54) is 36.7 Å². The van der Waals surface area contributed by atoms with Gasteiger partial charge in [-0.15, -0.1) is 0 Å². The van der Waals surface area contributed by atoms with Gasteiger partial charge in [-0.05, 0) is 55.3 Å². The minimum Gasteiger partial charge on any atom is -0.506 e. The number of anilines is 2. The highest BCUT2D eigenvalue weighted by atomic mass is 35.5. The molecule has 0 saturated carbocycles. The Kier molecular flexibility index (Phi) is 4.20. The van der Waals surface area contributed by atoms with Gasteiger partial charge in [0, 0.05) is 30.0 Å². The quantitative estimate of drug-likeness (QED) is 0.903. The first-order chi connectivity index (χ1) is 10.6. The Hall–Kier alpha value is -2.20. The maximum absolute atomic E-state index is 12.2. The zero-order valence-electron chi connectivity index (χ0n) is 12.1. The van der Waals surface area contributed by atoms with Crippen LogP contribution in [0.1, 0.15) is 23.2 Å². The van der Waals surface area contributed by atoms with Crippen LogP contribution in [0.25, 0.3) is 0 Å². The van der Waals surface area contributed by atoms with Crippen molar-refractivity contribution in [3.8, 4) is 5.75 Å². The lowest BCUT2D eigenvalue weighted by Crippen LogP contribution is -2.17. The molecule has 1 fully saturated rings. The molecule has 0 radical (unpaired) electrons. The molecule has 0 aromatic heterocycles. The number of halogens is 1. The summed E-state index contributed by atoms with van der Waals surface area (Å²) >= 11 is 5.82. The number of nitrogens with one attached hydrogen (secondary N) is 1. The molecule has 1 amide bonds. The van der Waals surface area contributed by atoms with E-state index in [0.717, 1.165) is 18.8 Å². The number of carbonyl (C=O) groups excluding carboxylic acids is 1. The number of benzene rings is 2. The molecule has 0 unspecified atom stereocenters. The summed E-state index contributed by atoms with van der Waals surface area (Å²) in [7, 11) is 0. The van der Waals surface area contributed by atoms with Gasteiger partial charge in [-0.1, -0.05) is 11.6 Å². The minimum atomic E-state index is -0.254. The molecule has 1 aliphatic rings. The standard InChI is InChI=1S/C17H17ClN2O2/c18-15-11-12(3-8-16(15)21)17(22)19-13-4-6-14(7-5-13)20-9-1-2-10-20/h3-8,11,21H,1-2,9-10H2,(H,19,22). The van der Waals surface area contributed by atoms with Crippen LogP contribution in [0, 0.1) is 0 Å². The molecule has 1 heterocycles. The van der Waals surface area contributed by atoms with E-state index in [1.54, 1.807) is 0 Å². The van der Waals surface area contributed by atoms with E-state index in [2.05, 4.69) is 10.2 Å². The van der Waals surface area contributed by atoms with Gasteiger partial charge in [0.25, 0.3) is 5.91 Å². The van der Waals surface area contributed by atoms with Crippen LogP contribution in [0.5, 0.6) is 5.75 Å². The number of amides is 1. The highest BCUT2D eigenvalue weighted by Crippen LogP contribution is 2.25. The van der Waals surface area contributed by atoms with Crippen molar-refractivity contribution in [2.75, 3.05) is 23.3 Å². The zero-order chi connectivity index (χ0) is 15.5. The summed E-state index contributed by atoms with van der Waals surface area (Å²) in [6.45, 7) is 2.19. The van der Waals surface area contributed by atoms with Crippen LogP contribution in [0.3, 0.4) is 0 Å². The Morgan fingerprint density at radius 3 is 2.41 bits per heavy atom. The van der Waals surface area contributed by atoms with Gasteiger partial charge in [-0.3, -0.25) is 4.79 Å². The highest BCUT2D eigenvalue weighted by molar-refractivity contribution is 6.32. The molecule has 4 nitrogen and oxygen atoms in total. The van der Waals surface area contributed by atoms with E-state index in [0.29, 0.717) is 5.56 Å². The Morgan fingerprint density at radius 2 is 1.77 bits per heavy atom. The average Bonchev–Trinajstić information content (AvgIpc) is 3.05. The third-order valence-corrected chi connectivity index (χ3v) is 4.11. The number of aromatic hydroxyl groups is 1. The lowest BCUT2D eigenvalue weighted by molar-refractivity contribution is 0.102. The van der Waals surface area contributed by atoms with E-state index in [1.807, 2.05) is 24.3 Å². The first kappa shape index (κ1) is 14.7. The Bertz CT molecular complexity index is 680. The van der Waals surface area contributed by atoms with E-state index >= 15 is 0 Å². The fourth-order valence-corrected chi connectivity index (χ4v) is 2.76. The molecule has 0 aliphatic carbocycles. The lowest BCUT2D eigenvalue weighted by atomic mass is 10.2. The Balaban J connectivity index is 1.69.